The van der Waals surface area contributed by atoms with Gasteiger partial charge in [0.15, 0.2) is 11.4 Å². The van der Waals surface area contributed by atoms with E-state index in [0.717, 1.165) is 41.4 Å². The number of carbonyl (C=O) groups excluding carboxylic acids is 1. The van der Waals surface area contributed by atoms with Crippen molar-refractivity contribution in [3.8, 4) is 0 Å². The van der Waals surface area contributed by atoms with Crippen LogP contribution >= 0.6 is 11.3 Å². The molecule has 5 heteroatoms. The Morgan fingerprint density at radius 1 is 1.38 bits per heavy atom. The minimum absolute atomic E-state index is 0.323. The molecule has 0 saturated heterocycles. The van der Waals surface area contributed by atoms with Crippen molar-refractivity contribution in [2.75, 3.05) is 18.5 Å². The van der Waals surface area contributed by atoms with Crippen molar-refractivity contribution in [3.05, 3.63) is 40.7 Å². The van der Waals surface area contributed by atoms with Crippen LogP contribution < -0.4 is 4.90 Å². The molecule has 4 nitrogen and oxygen atoms in total. The molecule has 0 N–H and O–H groups in total. The zero-order valence-corrected chi connectivity index (χ0v) is 13.6. The van der Waals surface area contributed by atoms with Gasteiger partial charge >= 0.3 is 0 Å². The lowest BCUT2D eigenvalue weighted by atomic mass is 10.0. The molecule has 1 unspecified atom stereocenters. The maximum Gasteiger partial charge on any atom is 0.185 e. The molecule has 0 bridgehead atoms. The van der Waals surface area contributed by atoms with Crippen molar-refractivity contribution >= 4 is 22.8 Å². The summed E-state index contributed by atoms with van der Waals surface area (Å²) in [6.07, 6.45) is 6.48. The van der Waals surface area contributed by atoms with Crippen molar-refractivity contribution in [2.24, 2.45) is 0 Å². The summed E-state index contributed by atoms with van der Waals surface area (Å²) in [5.41, 5.74) is 2.19. The average Bonchev–Trinajstić information content (AvgIpc) is 2.97. The first-order valence-corrected chi connectivity index (χ1v) is 8.03. The Balaban J connectivity index is 2.07. The van der Waals surface area contributed by atoms with Crippen LogP contribution in [0.15, 0.2) is 24.5 Å². The highest BCUT2D eigenvalue weighted by Crippen LogP contribution is 2.30. The number of thiazole rings is 1. The van der Waals surface area contributed by atoms with Gasteiger partial charge in [0.05, 0.1) is 10.6 Å². The normalized spacial score (nSPS) is 12.1. The van der Waals surface area contributed by atoms with Crippen molar-refractivity contribution < 1.29 is 4.79 Å². The second-order valence-electron chi connectivity index (χ2n) is 5.20. The first-order valence-electron chi connectivity index (χ1n) is 7.21. The molecule has 1 atom stereocenters. The fourth-order valence-electron chi connectivity index (χ4n) is 2.07. The standard InChI is InChI=1S/C16H21N3OS/c1-4-12(2)15-14(11-20)21-16(18-15)19(3)10-7-13-5-8-17-9-6-13/h5-6,8-9,11-12H,4,7,10H2,1-3H3. The summed E-state index contributed by atoms with van der Waals surface area (Å²) in [7, 11) is 2.02. The summed E-state index contributed by atoms with van der Waals surface area (Å²) in [4.78, 5) is 22.8. The first kappa shape index (κ1) is 15.6. The largest absolute Gasteiger partial charge is 0.351 e. The van der Waals surface area contributed by atoms with Gasteiger partial charge in [0, 0.05) is 26.0 Å². The highest BCUT2D eigenvalue weighted by atomic mass is 32.1. The van der Waals surface area contributed by atoms with E-state index in [9.17, 15) is 4.79 Å². The number of anilines is 1. The Morgan fingerprint density at radius 3 is 2.71 bits per heavy atom. The van der Waals surface area contributed by atoms with Gasteiger partial charge in [-0.05, 0) is 36.5 Å². The second-order valence-corrected chi connectivity index (χ2v) is 6.21. The van der Waals surface area contributed by atoms with Crippen LogP contribution in [0.4, 0.5) is 5.13 Å². The lowest BCUT2D eigenvalue weighted by Gasteiger charge is -2.15. The Labute approximate surface area is 129 Å². The van der Waals surface area contributed by atoms with Crippen LogP contribution in [-0.2, 0) is 6.42 Å². The number of hydrogen-bond acceptors (Lipinski definition) is 5. The van der Waals surface area contributed by atoms with Crippen LogP contribution in [0.1, 0.15) is 47.1 Å². The molecule has 0 fully saturated rings. The van der Waals surface area contributed by atoms with E-state index in [-0.39, 0.29) is 0 Å². The summed E-state index contributed by atoms with van der Waals surface area (Å²) >= 11 is 1.48. The quantitative estimate of drug-likeness (QED) is 0.734. The molecule has 0 aliphatic carbocycles. The number of pyridine rings is 1. The molecule has 21 heavy (non-hydrogen) atoms. The van der Waals surface area contributed by atoms with Crippen LogP contribution in [0, 0.1) is 0 Å². The molecule has 2 heterocycles. The van der Waals surface area contributed by atoms with Gasteiger partial charge in [0.2, 0.25) is 0 Å². The third kappa shape index (κ3) is 3.88. The van der Waals surface area contributed by atoms with Gasteiger partial charge in [0.1, 0.15) is 0 Å². The van der Waals surface area contributed by atoms with Gasteiger partial charge < -0.3 is 4.90 Å². The van der Waals surface area contributed by atoms with E-state index in [4.69, 9.17) is 0 Å². The van der Waals surface area contributed by atoms with Gasteiger partial charge in [-0.15, -0.1) is 0 Å². The topological polar surface area (TPSA) is 46.1 Å². The lowest BCUT2D eigenvalue weighted by molar-refractivity contribution is 0.112. The third-order valence-corrected chi connectivity index (χ3v) is 4.78. The number of aldehydes is 1. The summed E-state index contributed by atoms with van der Waals surface area (Å²) < 4.78 is 0. The van der Waals surface area contributed by atoms with Gasteiger partial charge in [0.25, 0.3) is 0 Å². The molecule has 2 aromatic rings. The van der Waals surface area contributed by atoms with E-state index < -0.39 is 0 Å². The molecule has 0 saturated carbocycles. The fourth-order valence-corrected chi connectivity index (χ4v) is 3.05. The molecule has 2 aromatic heterocycles. The smallest absolute Gasteiger partial charge is 0.185 e. The second kappa shape index (κ2) is 7.31. The molecular formula is C16H21N3OS. The molecule has 0 aliphatic rings. The van der Waals surface area contributed by atoms with Crippen LogP contribution in [0.5, 0.6) is 0 Å². The molecule has 0 aliphatic heterocycles. The first-order chi connectivity index (χ1) is 10.2. The van der Waals surface area contributed by atoms with Gasteiger partial charge in [-0.3, -0.25) is 9.78 Å². The zero-order valence-electron chi connectivity index (χ0n) is 12.7. The van der Waals surface area contributed by atoms with Crippen molar-refractivity contribution in [1.82, 2.24) is 9.97 Å². The van der Waals surface area contributed by atoms with Crippen LogP contribution in [0.2, 0.25) is 0 Å². The minimum Gasteiger partial charge on any atom is -0.351 e. The van der Waals surface area contributed by atoms with Crippen molar-refractivity contribution in [3.63, 3.8) is 0 Å². The van der Waals surface area contributed by atoms with Gasteiger partial charge in [-0.1, -0.05) is 25.2 Å². The van der Waals surface area contributed by atoms with E-state index in [1.54, 1.807) is 0 Å². The maximum atomic E-state index is 11.2. The monoisotopic (exact) mass is 303 g/mol. The lowest BCUT2D eigenvalue weighted by Crippen LogP contribution is -2.20. The highest BCUT2D eigenvalue weighted by Gasteiger charge is 2.17. The van der Waals surface area contributed by atoms with E-state index in [0.29, 0.717) is 5.92 Å². The van der Waals surface area contributed by atoms with Crippen LogP contribution in [0.25, 0.3) is 0 Å². The van der Waals surface area contributed by atoms with Crippen molar-refractivity contribution in [1.29, 1.82) is 0 Å². The number of nitrogens with zero attached hydrogens (tertiary/aromatic N) is 3. The predicted octanol–water partition coefficient (Wildman–Crippen LogP) is 3.54. The van der Waals surface area contributed by atoms with E-state index in [1.807, 2.05) is 31.6 Å². The van der Waals surface area contributed by atoms with Crippen molar-refractivity contribution in [2.45, 2.75) is 32.6 Å². The van der Waals surface area contributed by atoms with Crippen LogP contribution in [0.3, 0.4) is 0 Å². The number of carbonyl (C=O) groups is 1. The Kier molecular flexibility index (Phi) is 5.44. The molecule has 0 spiro atoms. The highest BCUT2D eigenvalue weighted by molar-refractivity contribution is 7.17. The zero-order chi connectivity index (χ0) is 15.2. The average molecular weight is 303 g/mol. The minimum atomic E-state index is 0.323. The molecule has 0 radical (unpaired) electrons. The van der Waals surface area contributed by atoms with Gasteiger partial charge in [-0.2, -0.15) is 0 Å². The Morgan fingerprint density at radius 2 is 2.10 bits per heavy atom. The number of hydrogen-bond donors (Lipinski definition) is 0. The molecule has 2 rings (SSSR count). The summed E-state index contributed by atoms with van der Waals surface area (Å²) in [5, 5.41) is 0.918. The molecule has 0 aromatic carbocycles. The summed E-state index contributed by atoms with van der Waals surface area (Å²) in [6, 6.07) is 4.05. The third-order valence-electron chi connectivity index (χ3n) is 3.67. The molecule has 112 valence electrons. The van der Waals surface area contributed by atoms with E-state index >= 15 is 0 Å². The van der Waals surface area contributed by atoms with Crippen LogP contribution in [-0.4, -0.2) is 29.8 Å². The number of likely N-dealkylation sites (N-methyl/N-ethyl adjacent to an activating group) is 1. The summed E-state index contributed by atoms with van der Waals surface area (Å²) in [5.74, 6) is 0.323. The molecular weight excluding hydrogens is 282 g/mol. The number of aromatic nitrogens is 2. The van der Waals surface area contributed by atoms with E-state index in [1.165, 1.54) is 16.9 Å². The fraction of sp³-hybridized carbons (Fsp3) is 0.438. The molecule has 0 amide bonds. The van der Waals surface area contributed by atoms with E-state index in [2.05, 4.69) is 28.7 Å². The number of rotatable bonds is 7. The van der Waals surface area contributed by atoms with Gasteiger partial charge in [-0.25, -0.2) is 4.98 Å². The predicted molar refractivity (Wildman–Crippen MR) is 87.4 cm³/mol. The summed E-state index contributed by atoms with van der Waals surface area (Å²) in [6.45, 7) is 5.10. The SMILES string of the molecule is CCC(C)c1nc(N(C)CCc2ccncc2)sc1C=O. The Hall–Kier alpha value is -1.75. The maximum absolute atomic E-state index is 11.2. The Bertz CT molecular complexity index is 582.